The Balaban J connectivity index is 2.28. The first-order chi connectivity index (χ1) is 9.48. The number of methoxy groups -OCH3 is 1. The quantitative estimate of drug-likeness (QED) is 0.780. The lowest BCUT2D eigenvalue weighted by molar-refractivity contribution is 0.0868. The molecule has 1 aliphatic heterocycles. The van der Waals surface area contributed by atoms with Crippen molar-refractivity contribution in [2.24, 2.45) is 0 Å². The average molecular weight is 280 g/mol. The van der Waals surface area contributed by atoms with E-state index in [9.17, 15) is 4.79 Å². The molecule has 1 fully saturated rings. The van der Waals surface area contributed by atoms with Crippen LogP contribution in [0.4, 0.5) is 0 Å². The molecule has 20 heavy (non-hydrogen) atoms. The van der Waals surface area contributed by atoms with Gasteiger partial charge >= 0.3 is 0 Å². The van der Waals surface area contributed by atoms with Crippen LogP contribution in [0.3, 0.4) is 0 Å². The fourth-order valence-corrected chi connectivity index (χ4v) is 2.56. The van der Waals surface area contributed by atoms with Crippen molar-refractivity contribution in [1.82, 2.24) is 20.0 Å². The minimum absolute atomic E-state index is 0.0723. The summed E-state index contributed by atoms with van der Waals surface area (Å²) >= 11 is 0. The second-order valence-corrected chi connectivity index (χ2v) is 5.78. The van der Waals surface area contributed by atoms with Gasteiger partial charge in [0.05, 0.1) is 25.4 Å². The van der Waals surface area contributed by atoms with Crippen LogP contribution in [-0.2, 0) is 6.54 Å². The second-order valence-electron chi connectivity index (χ2n) is 5.78. The van der Waals surface area contributed by atoms with Gasteiger partial charge in [-0.25, -0.2) is 0 Å². The summed E-state index contributed by atoms with van der Waals surface area (Å²) in [6, 6.07) is 0. The maximum atomic E-state index is 12.9. The Kier molecular flexibility index (Phi) is 4.45. The van der Waals surface area contributed by atoms with Crippen LogP contribution in [0.25, 0.3) is 0 Å². The van der Waals surface area contributed by atoms with Gasteiger partial charge in [0.1, 0.15) is 5.69 Å². The standard InChI is InChI=1S/C14H24N4O2/c1-14(6-5-7-15-14)13(19)12-11(20-4)10-16-18(12)9-8-17(2)3/h10,15H,5-9H2,1-4H3. The summed E-state index contributed by atoms with van der Waals surface area (Å²) in [5, 5.41) is 7.61. The Labute approximate surface area is 120 Å². The number of nitrogens with zero attached hydrogens (tertiary/aromatic N) is 3. The number of carbonyl (C=O) groups is 1. The number of rotatable bonds is 6. The molecule has 0 amide bonds. The molecule has 1 N–H and O–H groups in total. The number of Topliss-reactive ketones (excluding diaryl/α,β-unsaturated/α-hetero) is 1. The monoisotopic (exact) mass is 280 g/mol. The Morgan fingerprint density at radius 2 is 2.35 bits per heavy atom. The van der Waals surface area contributed by atoms with Crippen LogP contribution >= 0.6 is 0 Å². The summed E-state index contributed by atoms with van der Waals surface area (Å²) in [5.74, 6) is 0.631. The number of ether oxygens (including phenoxy) is 1. The highest BCUT2D eigenvalue weighted by Crippen LogP contribution is 2.28. The van der Waals surface area contributed by atoms with Crippen LogP contribution in [0.2, 0.25) is 0 Å². The summed E-state index contributed by atoms with van der Waals surface area (Å²) in [7, 11) is 5.58. The van der Waals surface area contributed by atoms with Crippen LogP contribution in [0.5, 0.6) is 5.75 Å². The molecule has 1 aromatic rings. The summed E-state index contributed by atoms with van der Waals surface area (Å²) in [6.07, 6.45) is 3.51. The Morgan fingerprint density at radius 3 is 2.90 bits per heavy atom. The number of carbonyl (C=O) groups excluding carboxylic acids is 1. The molecule has 112 valence electrons. The lowest BCUT2D eigenvalue weighted by atomic mass is 9.92. The number of likely N-dealkylation sites (N-methyl/N-ethyl adjacent to an activating group) is 1. The van der Waals surface area contributed by atoms with E-state index in [1.807, 2.05) is 21.0 Å². The Morgan fingerprint density at radius 1 is 1.60 bits per heavy atom. The van der Waals surface area contributed by atoms with Gasteiger partial charge in [0, 0.05) is 6.54 Å². The van der Waals surface area contributed by atoms with Gasteiger partial charge in [0.15, 0.2) is 5.75 Å². The van der Waals surface area contributed by atoms with E-state index in [0.29, 0.717) is 18.0 Å². The van der Waals surface area contributed by atoms with Crippen molar-refractivity contribution in [3.05, 3.63) is 11.9 Å². The summed E-state index contributed by atoms with van der Waals surface area (Å²) < 4.78 is 7.07. The molecular weight excluding hydrogens is 256 g/mol. The van der Waals surface area contributed by atoms with Gasteiger partial charge < -0.3 is 15.0 Å². The minimum Gasteiger partial charge on any atom is -0.493 e. The van der Waals surface area contributed by atoms with Gasteiger partial charge in [-0.05, 0) is 40.4 Å². The molecule has 0 aromatic carbocycles. The van der Waals surface area contributed by atoms with Crippen molar-refractivity contribution in [2.75, 3.05) is 34.3 Å². The maximum absolute atomic E-state index is 12.9. The molecule has 6 heteroatoms. The number of aromatic nitrogens is 2. The first-order valence-corrected chi connectivity index (χ1v) is 7.02. The summed E-state index contributed by atoms with van der Waals surface area (Å²) in [5.41, 5.74) is 0.0784. The molecule has 2 heterocycles. The molecule has 1 unspecified atom stereocenters. The topological polar surface area (TPSA) is 59.4 Å². The van der Waals surface area contributed by atoms with Gasteiger partial charge in [-0.2, -0.15) is 5.10 Å². The molecule has 0 radical (unpaired) electrons. The molecule has 0 aliphatic carbocycles. The summed E-state index contributed by atoms with van der Waals surface area (Å²) in [6.45, 7) is 4.35. The van der Waals surface area contributed by atoms with E-state index in [2.05, 4.69) is 15.3 Å². The minimum atomic E-state index is -0.497. The lowest BCUT2D eigenvalue weighted by Gasteiger charge is -2.23. The van der Waals surface area contributed by atoms with Crippen LogP contribution in [0.15, 0.2) is 6.20 Å². The zero-order valence-corrected chi connectivity index (χ0v) is 12.8. The van der Waals surface area contributed by atoms with Crippen LogP contribution < -0.4 is 10.1 Å². The molecule has 1 saturated heterocycles. The molecule has 1 aliphatic rings. The highest BCUT2D eigenvalue weighted by atomic mass is 16.5. The third-order valence-electron chi connectivity index (χ3n) is 3.87. The van der Waals surface area contributed by atoms with Crippen LogP contribution in [0, 0.1) is 0 Å². The zero-order chi connectivity index (χ0) is 14.8. The number of nitrogens with one attached hydrogen (secondary N) is 1. The molecule has 0 bridgehead atoms. The van der Waals surface area contributed by atoms with Crippen molar-refractivity contribution >= 4 is 5.78 Å². The van der Waals surface area contributed by atoms with Crippen LogP contribution in [-0.4, -0.2) is 60.3 Å². The predicted molar refractivity (Wildman–Crippen MR) is 77.3 cm³/mol. The first kappa shape index (κ1) is 15.0. The van der Waals surface area contributed by atoms with E-state index >= 15 is 0 Å². The molecular formula is C14H24N4O2. The Bertz CT molecular complexity index is 476. The van der Waals surface area contributed by atoms with Gasteiger partial charge in [-0.15, -0.1) is 0 Å². The third-order valence-corrected chi connectivity index (χ3v) is 3.87. The normalized spacial score (nSPS) is 22.4. The largest absolute Gasteiger partial charge is 0.493 e. The van der Waals surface area contributed by atoms with Crippen molar-refractivity contribution in [3.8, 4) is 5.75 Å². The van der Waals surface area contributed by atoms with E-state index in [1.54, 1.807) is 18.0 Å². The van der Waals surface area contributed by atoms with Crippen molar-refractivity contribution in [3.63, 3.8) is 0 Å². The lowest BCUT2D eigenvalue weighted by Crippen LogP contribution is -2.45. The molecule has 1 atom stereocenters. The smallest absolute Gasteiger partial charge is 0.204 e. The number of ketones is 1. The number of hydrogen-bond donors (Lipinski definition) is 1. The van der Waals surface area contributed by atoms with Crippen molar-refractivity contribution < 1.29 is 9.53 Å². The zero-order valence-electron chi connectivity index (χ0n) is 12.8. The van der Waals surface area contributed by atoms with Gasteiger partial charge in [0.2, 0.25) is 5.78 Å². The van der Waals surface area contributed by atoms with E-state index in [4.69, 9.17) is 4.74 Å². The van der Waals surface area contributed by atoms with Gasteiger partial charge in [-0.1, -0.05) is 0 Å². The van der Waals surface area contributed by atoms with Crippen molar-refractivity contribution in [2.45, 2.75) is 31.8 Å². The first-order valence-electron chi connectivity index (χ1n) is 7.02. The predicted octanol–water partition coefficient (Wildman–Crippen LogP) is 0.778. The van der Waals surface area contributed by atoms with E-state index in [-0.39, 0.29) is 5.78 Å². The third kappa shape index (κ3) is 2.86. The molecule has 0 saturated carbocycles. The maximum Gasteiger partial charge on any atom is 0.204 e. The Hall–Kier alpha value is -1.40. The summed E-state index contributed by atoms with van der Waals surface area (Å²) in [4.78, 5) is 14.9. The fraction of sp³-hybridized carbons (Fsp3) is 0.714. The number of hydrogen-bond acceptors (Lipinski definition) is 5. The van der Waals surface area contributed by atoms with Crippen molar-refractivity contribution in [1.29, 1.82) is 0 Å². The van der Waals surface area contributed by atoms with Gasteiger partial charge in [0.25, 0.3) is 0 Å². The SMILES string of the molecule is COc1cnn(CCN(C)C)c1C(=O)C1(C)CCCN1. The molecule has 2 rings (SSSR count). The van der Waals surface area contributed by atoms with Gasteiger partial charge in [-0.3, -0.25) is 9.48 Å². The average Bonchev–Trinajstić information content (AvgIpc) is 3.02. The van der Waals surface area contributed by atoms with E-state index in [0.717, 1.165) is 25.9 Å². The highest BCUT2D eigenvalue weighted by molar-refractivity contribution is 6.03. The highest BCUT2D eigenvalue weighted by Gasteiger charge is 2.39. The molecule has 0 spiro atoms. The fourth-order valence-electron chi connectivity index (χ4n) is 2.56. The molecule has 1 aromatic heterocycles. The van der Waals surface area contributed by atoms with Crippen LogP contribution in [0.1, 0.15) is 30.3 Å². The molecule has 6 nitrogen and oxygen atoms in total. The second kappa shape index (κ2) is 5.93. The van der Waals surface area contributed by atoms with E-state index in [1.165, 1.54) is 0 Å². The van der Waals surface area contributed by atoms with E-state index < -0.39 is 5.54 Å².